The van der Waals surface area contributed by atoms with Crippen LogP contribution < -0.4 is 0 Å². The fraction of sp³-hybridized carbons (Fsp3) is 0.750. The summed E-state index contributed by atoms with van der Waals surface area (Å²) in [5, 5.41) is 0. The van der Waals surface area contributed by atoms with Crippen LogP contribution >= 0.6 is 0 Å². The van der Waals surface area contributed by atoms with E-state index in [2.05, 4.69) is 50.5 Å². The molecule has 0 bridgehead atoms. The van der Waals surface area contributed by atoms with E-state index in [9.17, 15) is 0 Å². The van der Waals surface area contributed by atoms with Crippen molar-refractivity contribution in [1.82, 2.24) is 0 Å². The van der Waals surface area contributed by atoms with Gasteiger partial charge in [-0.15, -0.1) is 0 Å². The number of rotatable bonds is 5. The molecule has 2 rings (SSSR count). The predicted octanol–water partition coefficient (Wildman–Crippen LogP) is 5.84. The summed E-state index contributed by atoms with van der Waals surface area (Å²) in [5.41, 5.74) is 1.95. The van der Waals surface area contributed by atoms with Gasteiger partial charge < -0.3 is 0 Å². The molecule has 2 aliphatic rings. The minimum atomic E-state index is -1.13. The van der Waals surface area contributed by atoms with Gasteiger partial charge in [0.05, 0.1) is 8.07 Å². The second kappa shape index (κ2) is 5.50. The summed E-state index contributed by atoms with van der Waals surface area (Å²) >= 11 is 0. The first-order valence-corrected chi connectivity index (χ1v) is 14.3. The third-order valence-electron chi connectivity index (χ3n) is 5.13. The van der Waals surface area contributed by atoms with Crippen molar-refractivity contribution < 1.29 is 0 Å². The first-order valence-electron chi connectivity index (χ1n) is 7.75. The second-order valence-corrected chi connectivity index (χ2v) is 18.4. The molecule has 0 N–H and O–H groups in total. The van der Waals surface area contributed by atoms with Crippen LogP contribution in [-0.2, 0) is 0 Å². The van der Waals surface area contributed by atoms with Gasteiger partial charge in [-0.1, -0.05) is 62.6 Å². The van der Waals surface area contributed by atoms with Crippen LogP contribution in [-0.4, -0.2) is 16.1 Å². The van der Waals surface area contributed by atoms with Crippen LogP contribution in [0.4, 0.5) is 0 Å². The quantitative estimate of drug-likeness (QED) is 0.437. The van der Waals surface area contributed by atoms with Crippen molar-refractivity contribution >= 4 is 16.1 Å². The van der Waals surface area contributed by atoms with Crippen molar-refractivity contribution in [2.75, 3.05) is 0 Å². The summed E-state index contributed by atoms with van der Waals surface area (Å²) in [6.45, 7) is 10.3. The van der Waals surface area contributed by atoms with Crippen LogP contribution in [0.2, 0.25) is 49.4 Å². The van der Waals surface area contributed by atoms with Gasteiger partial charge in [0.15, 0.2) is 0 Å². The molecular weight excluding hydrogens is 248 g/mol. The zero-order valence-electron chi connectivity index (χ0n) is 12.7. The Morgan fingerprint density at radius 2 is 1.33 bits per heavy atom. The van der Waals surface area contributed by atoms with Crippen LogP contribution in [0, 0.1) is 0 Å². The van der Waals surface area contributed by atoms with Gasteiger partial charge in [0.1, 0.15) is 0 Å². The van der Waals surface area contributed by atoms with Crippen molar-refractivity contribution in [3.8, 4) is 0 Å². The summed E-state index contributed by atoms with van der Waals surface area (Å²) < 4.78 is 0. The summed E-state index contributed by atoms with van der Waals surface area (Å²) in [7, 11) is -2.01. The Labute approximate surface area is 116 Å². The third kappa shape index (κ3) is 3.27. The van der Waals surface area contributed by atoms with Gasteiger partial charge in [0.2, 0.25) is 0 Å². The Morgan fingerprint density at radius 1 is 0.833 bits per heavy atom. The largest absolute Gasteiger partial charge is 0.0885 e. The maximum Gasteiger partial charge on any atom is 0.0639 e. The first-order chi connectivity index (χ1) is 8.42. The molecule has 0 spiro atoms. The summed E-state index contributed by atoms with van der Waals surface area (Å²) in [5.74, 6) is 0. The fourth-order valence-corrected chi connectivity index (χ4v) is 12.9. The molecule has 0 radical (unpaired) electrons. The van der Waals surface area contributed by atoms with E-state index in [0.717, 1.165) is 11.1 Å². The molecule has 2 unspecified atom stereocenters. The van der Waals surface area contributed by atoms with E-state index in [0.29, 0.717) is 0 Å². The van der Waals surface area contributed by atoms with Crippen LogP contribution in [0.3, 0.4) is 0 Å². The molecule has 2 heteroatoms. The molecule has 0 aliphatic heterocycles. The van der Waals surface area contributed by atoms with E-state index in [1.165, 1.54) is 25.7 Å². The van der Waals surface area contributed by atoms with Crippen LogP contribution in [0.1, 0.15) is 25.7 Å². The highest BCUT2D eigenvalue weighted by Gasteiger charge is 2.42. The molecule has 0 nitrogen and oxygen atoms in total. The molecule has 0 saturated carbocycles. The summed E-state index contributed by atoms with van der Waals surface area (Å²) in [6.07, 6.45) is 15.7. The lowest BCUT2D eigenvalue weighted by Crippen LogP contribution is -2.41. The first kappa shape index (κ1) is 14.3. The Morgan fingerprint density at radius 3 is 1.67 bits per heavy atom. The number of hydrogen-bond acceptors (Lipinski definition) is 0. The molecular formula is C16H30Si2. The molecule has 18 heavy (non-hydrogen) atoms. The second-order valence-electron chi connectivity index (χ2n) is 7.79. The van der Waals surface area contributed by atoms with Crippen LogP contribution in [0.5, 0.6) is 0 Å². The van der Waals surface area contributed by atoms with Gasteiger partial charge in [-0.3, -0.25) is 0 Å². The van der Waals surface area contributed by atoms with E-state index >= 15 is 0 Å². The highest BCUT2D eigenvalue weighted by molar-refractivity contribution is 6.85. The molecule has 0 aromatic heterocycles. The lowest BCUT2D eigenvalue weighted by molar-refractivity contribution is 0.813. The summed E-state index contributed by atoms with van der Waals surface area (Å²) in [6, 6.07) is 3.12. The van der Waals surface area contributed by atoms with Crippen molar-refractivity contribution in [3.63, 3.8) is 0 Å². The van der Waals surface area contributed by atoms with E-state index in [1.807, 2.05) is 0 Å². The van der Waals surface area contributed by atoms with Crippen LogP contribution in [0.15, 0.2) is 24.3 Å². The third-order valence-corrected chi connectivity index (χ3v) is 13.1. The van der Waals surface area contributed by atoms with Gasteiger partial charge in [-0.05, 0) is 36.8 Å². The Hall–Kier alpha value is -0.0862. The monoisotopic (exact) mass is 278 g/mol. The number of hydrogen-bond donors (Lipinski definition) is 0. The van der Waals surface area contributed by atoms with E-state index < -0.39 is 16.1 Å². The zero-order chi connectivity index (χ0) is 13.2. The topological polar surface area (TPSA) is 0 Å². The van der Waals surface area contributed by atoms with Gasteiger partial charge in [0.25, 0.3) is 0 Å². The molecule has 2 aliphatic carbocycles. The molecule has 102 valence electrons. The molecule has 0 aromatic rings. The van der Waals surface area contributed by atoms with E-state index in [-0.39, 0.29) is 0 Å². The molecule has 0 amide bonds. The highest BCUT2D eigenvalue weighted by Crippen LogP contribution is 2.48. The molecule has 0 fully saturated rings. The SMILES string of the molecule is C[Si](C)(C)CC[Si](C)(C1C=CCC1)C1C=CCC1. The van der Waals surface area contributed by atoms with Gasteiger partial charge in [-0.25, -0.2) is 0 Å². The Kier molecular flexibility index (Phi) is 4.38. The van der Waals surface area contributed by atoms with Crippen LogP contribution in [0.25, 0.3) is 0 Å². The smallest absolute Gasteiger partial charge is 0.0639 e. The average Bonchev–Trinajstić information content (AvgIpc) is 2.97. The maximum absolute atomic E-state index is 2.72. The lowest BCUT2D eigenvalue weighted by Gasteiger charge is -2.39. The fourth-order valence-electron chi connectivity index (χ4n) is 3.65. The lowest BCUT2D eigenvalue weighted by atomic mass is 10.3. The molecule has 0 aromatic carbocycles. The summed E-state index contributed by atoms with van der Waals surface area (Å²) in [4.78, 5) is 0. The number of allylic oxidation sites excluding steroid dienone is 4. The maximum atomic E-state index is 2.72. The minimum Gasteiger partial charge on any atom is -0.0885 e. The molecule has 0 heterocycles. The van der Waals surface area contributed by atoms with Gasteiger partial charge in [-0.2, -0.15) is 0 Å². The van der Waals surface area contributed by atoms with Crippen molar-refractivity contribution in [2.45, 2.75) is 75.0 Å². The van der Waals surface area contributed by atoms with Gasteiger partial charge >= 0.3 is 0 Å². The zero-order valence-corrected chi connectivity index (χ0v) is 14.7. The van der Waals surface area contributed by atoms with E-state index in [4.69, 9.17) is 0 Å². The minimum absolute atomic E-state index is 0.882. The molecule has 2 atom stereocenters. The Bertz CT molecular complexity index is 313. The van der Waals surface area contributed by atoms with Crippen molar-refractivity contribution in [2.24, 2.45) is 0 Å². The standard InChI is InChI=1S/C16H30Si2/c1-17(2,3)13-14-18(4,15-9-5-6-10-15)16-11-7-8-12-16/h5,7,9,11,15-16H,6,8,10,12-14H2,1-4H3. The molecule has 0 saturated heterocycles. The van der Waals surface area contributed by atoms with Gasteiger partial charge in [0, 0.05) is 8.07 Å². The normalized spacial score (nSPS) is 30.9. The highest BCUT2D eigenvalue weighted by atomic mass is 28.3. The van der Waals surface area contributed by atoms with E-state index in [1.54, 1.807) is 12.1 Å². The Balaban J connectivity index is 2.11. The predicted molar refractivity (Wildman–Crippen MR) is 88.8 cm³/mol. The average molecular weight is 279 g/mol. The van der Waals surface area contributed by atoms with Crippen molar-refractivity contribution in [1.29, 1.82) is 0 Å². The van der Waals surface area contributed by atoms with Crippen molar-refractivity contribution in [3.05, 3.63) is 24.3 Å².